The van der Waals surface area contributed by atoms with Gasteiger partial charge in [0.2, 0.25) is 0 Å². The van der Waals surface area contributed by atoms with Gasteiger partial charge in [-0.25, -0.2) is 0 Å². The lowest BCUT2D eigenvalue weighted by Gasteiger charge is -2.34. The SMILES string of the molecule is CN=C(NCC(C)CN1CCN(C)CC1)NCC(C)c1ccc(C)cc1. The molecular weight excluding hydrogens is 322 g/mol. The summed E-state index contributed by atoms with van der Waals surface area (Å²) in [5.74, 6) is 1.96. The second-order valence-corrected chi connectivity index (χ2v) is 7.85. The second kappa shape index (κ2) is 10.5. The Kier molecular flexibility index (Phi) is 8.39. The van der Waals surface area contributed by atoms with E-state index in [2.05, 4.69) is 77.5 Å². The van der Waals surface area contributed by atoms with E-state index in [-0.39, 0.29) is 0 Å². The zero-order valence-corrected chi connectivity index (χ0v) is 17.3. The minimum atomic E-state index is 0.455. The molecule has 5 heteroatoms. The standard InChI is InChI=1S/C21H37N5/c1-17-6-8-20(9-7-17)19(3)15-24-21(22-4)23-14-18(2)16-26-12-10-25(5)11-13-26/h6-9,18-19H,10-16H2,1-5H3,(H2,22,23,24). The van der Waals surface area contributed by atoms with Crippen LogP contribution in [-0.2, 0) is 0 Å². The van der Waals surface area contributed by atoms with E-state index in [9.17, 15) is 0 Å². The summed E-state index contributed by atoms with van der Waals surface area (Å²) in [6, 6.07) is 8.80. The van der Waals surface area contributed by atoms with Crippen molar-refractivity contribution < 1.29 is 0 Å². The largest absolute Gasteiger partial charge is 0.356 e. The van der Waals surface area contributed by atoms with Gasteiger partial charge < -0.3 is 20.4 Å². The topological polar surface area (TPSA) is 42.9 Å². The summed E-state index contributed by atoms with van der Waals surface area (Å²) in [5, 5.41) is 6.95. The summed E-state index contributed by atoms with van der Waals surface area (Å²) < 4.78 is 0. The number of piperazine rings is 1. The summed E-state index contributed by atoms with van der Waals surface area (Å²) in [6.45, 7) is 14.4. The van der Waals surface area contributed by atoms with E-state index in [1.807, 2.05) is 7.05 Å². The number of likely N-dealkylation sites (N-methyl/N-ethyl adjacent to an activating group) is 1. The fourth-order valence-corrected chi connectivity index (χ4v) is 3.29. The van der Waals surface area contributed by atoms with Crippen molar-refractivity contribution in [1.82, 2.24) is 20.4 Å². The Bertz CT molecular complexity index is 546. The fourth-order valence-electron chi connectivity index (χ4n) is 3.29. The van der Waals surface area contributed by atoms with E-state index in [4.69, 9.17) is 0 Å². The Hall–Kier alpha value is -1.59. The van der Waals surface area contributed by atoms with Gasteiger partial charge in [-0.2, -0.15) is 0 Å². The van der Waals surface area contributed by atoms with Crippen molar-refractivity contribution in [3.05, 3.63) is 35.4 Å². The molecule has 1 aliphatic heterocycles. The molecule has 1 aliphatic rings. The van der Waals surface area contributed by atoms with Crippen molar-refractivity contribution >= 4 is 5.96 Å². The average molecular weight is 360 g/mol. The number of rotatable bonds is 7. The first kappa shape index (κ1) is 20.7. The van der Waals surface area contributed by atoms with Gasteiger partial charge in [0.1, 0.15) is 0 Å². The highest BCUT2D eigenvalue weighted by molar-refractivity contribution is 5.79. The van der Waals surface area contributed by atoms with E-state index < -0.39 is 0 Å². The first-order chi connectivity index (χ1) is 12.5. The number of nitrogens with one attached hydrogen (secondary N) is 2. The number of hydrogen-bond donors (Lipinski definition) is 2. The predicted molar refractivity (Wildman–Crippen MR) is 112 cm³/mol. The molecule has 2 N–H and O–H groups in total. The van der Waals surface area contributed by atoms with E-state index in [1.54, 1.807) is 0 Å². The molecule has 1 fully saturated rings. The molecule has 2 rings (SSSR count). The molecule has 1 saturated heterocycles. The molecule has 0 aliphatic carbocycles. The van der Waals surface area contributed by atoms with Crippen LogP contribution in [-0.4, -0.2) is 75.7 Å². The van der Waals surface area contributed by atoms with E-state index in [1.165, 1.54) is 37.3 Å². The van der Waals surface area contributed by atoms with Gasteiger partial charge in [-0.05, 0) is 31.4 Å². The third-order valence-corrected chi connectivity index (χ3v) is 5.23. The Morgan fingerprint density at radius 2 is 1.65 bits per heavy atom. The molecule has 0 saturated carbocycles. The number of aliphatic imine (C=N–C) groups is 1. The van der Waals surface area contributed by atoms with E-state index in [0.29, 0.717) is 11.8 Å². The van der Waals surface area contributed by atoms with E-state index in [0.717, 1.165) is 25.6 Å². The summed E-state index contributed by atoms with van der Waals surface area (Å²) in [7, 11) is 4.05. The molecule has 1 aromatic rings. The van der Waals surface area contributed by atoms with Gasteiger partial charge in [-0.3, -0.25) is 4.99 Å². The zero-order chi connectivity index (χ0) is 18.9. The Morgan fingerprint density at radius 3 is 2.27 bits per heavy atom. The third-order valence-electron chi connectivity index (χ3n) is 5.23. The van der Waals surface area contributed by atoms with Crippen LogP contribution in [0.4, 0.5) is 0 Å². The highest BCUT2D eigenvalue weighted by Crippen LogP contribution is 2.14. The van der Waals surface area contributed by atoms with Crippen LogP contribution in [0, 0.1) is 12.8 Å². The van der Waals surface area contributed by atoms with Gasteiger partial charge in [-0.15, -0.1) is 0 Å². The van der Waals surface area contributed by atoms with Crippen LogP contribution in [0.15, 0.2) is 29.3 Å². The van der Waals surface area contributed by atoms with Crippen LogP contribution in [0.5, 0.6) is 0 Å². The van der Waals surface area contributed by atoms with Gasteiger partial charge >= 0.3 is 0 Å². The average Bonchev–Trinajstić information content (AvgIpc) is 2.64. The third kappa shape index (κ3) is 6.96. The maximum absolute atomic E-state index is 4.37. The molecule has 0 amide bonds. The summed E-state index contributed by atoms with van der Waals surface area (Å²) in [5.41, 5.74) is 2.67. The first-order valence-corrected chi connectivity index (χ1v) is 9.90. The lowest BCUT2D eigenvalue weighted by atomic mass is 10.0. The lowest BCUT2D eigenvalue weighted by Crippen LogP contribution is -2.47. The van der Waals surface area contributed by atoms with Gasteiger partial charge in [-0.1, -0.05) is 43.7 Å². The molecule has 26 heavy (non-hydrogen) atoms. The van der Waals surface area contributed by atoms with Crippen LogP contribution in [0.1, 0.15) is 30.9 Å². The Labute approximate surface area is 159 Å². The summed E-state index contributed by atoms with van der Waals surface area (Å²) >= 11 is 0. The van der Waals surface area contributed by atoms with Crippen LogP contribution < -0.4 is 10.6 Å². The van der Waals surface area contributed by atoms with Crippen molar-refractivity contribution in [2.75, 3.05) is 59.9 Å². The van der Waals surface area contributed by atoms with Crippen molar-refractivity contribution in [2.24, 2.45) is 10.9 Å². The monoisotopic (exact) mass is 359 g/mol. The molecule has 146 valence electrons. The fraction of sp³-hybridized carbons (Fsp3) is 0.667. The Morgan fingerprint density at radius 1 is 1.04 bits per heavy atom. The Balaban J connectivity index is 1.69. The highest BCUT2D eigenvalue weighted by atomic mass is 15.2. The van der Waals surface area contributed by atoms with Crippen molar-refractivity contribution in [3.8, 4) is 0 Å². The molecule has 2 unspecified atom stereocenters. The first-order valence-electron chi connectivity index (χ1n) is 9.90. The van der Waals surface area contributed by atoms with Crippen LogP contribution in [0.3, 0.4) is 0 Å². The van der Waals surface area contributed by atoms with Crippen molar-refractivity contribution in [3.63, 3.8) is 0 Å². The number of aryl methyl sites for hydroxylation is 1. The molecule has 0 bridgehead atoms. The quantitative estimate of drug-likeness (QED) is 0.578. The maximum atomic E-state index is 4.37. The number of hydrogen-bond acceptors (Lipinski definition) is 3. The smallest absolute Gasteiger partial charge is 0.191 e. The molecule has 5 nitrogen and oxygen atoms in total. The molecule has 2 atom stereocenters. The van der Waals surface area contributed by atoms with Gasteiger partial charge in [0.25, 0.3) is 0 Å². The van der Waals surface area contributed by atoms with Crippen LogP contribution in [0.25, 0.3) is 0 Å². The normalized spacial score (nSPS) is 19.2. The summed E-state index contributed by atoms with van der Waals surface area (Å²) in [4.78, 5) is 9.35. The molecule has 0 spiro atoms. The van der Waals surface area contributed by atoms with Crippen LogP contribution >= 0.6 is 0 Å². The van der Waals surface area contributed by atoms with Crippen LogP contribution in [0.2, 0.25) is 0 Å². The molecule has 1 heterocycles. The van der Waals surface area contributed by atoms with Gasteiger partial charge in [0.15, 0.2) is 5.96 Å². The number of nitrogens with zero attached hydrogens (tertiary/aromatic N) is 3. The predicted octanol–water partition coefficient (Wildman–Crippen LogP) is 2.15. The lowest BCUT2D eigenvalue weighted by molar-refractivity contribution is 0.139. The second-order valence-electron chi connectivity index (χ2n) is 7.85. The maximum Gasteiger partial charge on any atom is 0.191 e. The molecule has 0 radical (unpaired) electrons. The van der Waals surface area contributed by atoms with Gasteiger partial charge in [0, 0.05) is 52.9 Å². The zero-order valence-electron chi connectivity index (χ0n) is 17.3. The van der Waals surface area contributed by atoms with Crippen molar-refractivity contribution in [1.29, 1.82) is 0 Å². The van der Waals surface area contributed by atoms with Crippen molar-refractivity contribution in [2.45, 2.75) is 26.7 Å². The number of guanidine groups is 1. The highest BCUT2D eigenvalue weighted by Gasteiger charge is 2.16. The molecule has 1 aromatic carbocycles. The van der Waals surface area contributed by atoms with Gasteiger partial charge in [0.05, 0.1) is 0 Å². The number of benzene rings is 1. The summed E-state index contributed by atoms with van der Waals surface area (Å²) in [6.07, 6.45) is 0. The minimum Gasteiger partial charge on any atom is -0.356 e. The molecule has 0 aromatic heterocycles. The molecular formula is C21H37N5. The minimum absolute atomic E-state index is 0.455. The van der Waals surface area contributed by atoms with E-state index >= 15 is 0 Å².